The van der Waals surface area contributed by atoms with Crippen molar-refractivity contribution in [1.82, 2.24) is 4.98 Å². The number of para-hydroxylation sites is 1. The highest BCUT2D eigenvalue weighted by atomic mass is 35.5. The molecule has 0 unspecified atom stereocenters. The van der Waals surface area contributed by atoms with E-state index in [0.717, 1.165) is 11.3 Å². The summed E-state index contributed by atoms with van der Waals surface area (Å²) in [5.41, 5.74) is 2.03. The number of hydrogen-bond acceptors (Lipinski definition) is 4. The lowest BCUT2D eigenvalue weighted by molar-refractivity contribution is -0.132. The first kappa shape index (κ1) is 14.9. The van der Waals surface area contributed by atoms with Crippen LogP contribution in [0.2, 0.25) is 0 Å². The zero-order chi connectivity index (χ0) is 13.9. The van der Waals surface area contributed by atoms with E-state index in [1.165, 1.54) is 11.3 Å². The van der Waals surface area contributed by atoms with E-state index in [2.05, 4.69) is 4.98 Å². The summed E-state index contributed by atoms with van der Waals surface area (Å²) in [6, 6.07) is 11.1. The van der Waals surface area contributed by atoms with Gasteiger partial charge in [-0.25, -0.2) is 4.79 Å². The number of aliphatic carboxylic acids is 1. The number of hydrogen-bond donors (Lipinski definition) is 1. The molecule has 0 fully saturated rings. The van der Waals surface area contributed by atoms with Crippen molar-refractivity contribution in [1.29, 1.82) is 0 Å². The molecule has 0 aliphatic carbocycles. The predicted octanol–water partition coefficient (Wildman–Crippen LogP) is 2.83. The third-order valence-corrected chi connectivity index (χ3v) is 3.00. The number of halogens is 1. The summed E-state index contributed by atoms with van der Waals surface area (Å²) in [7, 11) is 0. The zero-order valence-corrected chi connectivity index (χ0v) is 11.8. The van der Waals surface area contributed by atoms with Crippen LogP contribution in [0, 0.1) is 0 Å². The van der Waals surface area contributed by atoms with E-state index in [9.17, 15) is 9.90 Å². The summed E-state index contributed by atoms with van der Waals surface area (Å²) in [5, 5.41) is 10.7. The third kappa shape index (κ3) is 3.14. The molecular formula is C15H13ClN2O3. The SMILES string of the molecule is Cl.O=C(O)C1=CN(Oc2cccnc2)c2ccccc2C1. The fraction of sp³-hybridized carbons (Fsp3) is 0.0667. The Labute approximate surface area is 127 Å². The van der Waals surface area contributed by atoms with Gasteiger partial charge in [0.05, 0.1) is 23.7 Å². The smallest absolute Gasteiger partial charge is 0.333 e. The van der Waals surface area contributed by atoms with Crippen molar-refractivity contribution in [3.05, 3.63) is 66.1 Å². The van der Waals surface area contributed by atoms with Crippen LogP contribution < -0.4 is 9.90 Å². The Kier molecular flexibility index (Phi) is 4.45. The molecule has 2 aromatic rings. The van der Waals surface area contributed by atoms with Crippen molar-refractivity contribution in [3.8, 4) is 5.75 Å². The second-order valence-electron chi connectivity index (χ2n) is 4.37. The first-order valence-corrected chi connectivity index (χ1v) is 6.13. The van der Waals surface area contributed by atoms with Gasteiger partial charge in [-0.15, -0.1) is 12.4 Å². The number of anilines is 1. The van der Waals surface area contributed by atoms with Crippen molar-refractivity contribution < 1.29 is 14.7 Å². The van der Waals surface area contributed by atoms with Gasteiger partial charge in [0, 0.05) is 12.6 Å². The number of carboxylic acids is 1. The first-order chi connectivity index (χ1) is 9.74. The lowest BCUT2D eigenvalue weighted by Gasteiger charge is -2.27. The second kappa shape index (κ2) is 6.28. The van der Waals surface area contributed by atoms with Crippen LogP contribution in [0.3, 0.4) is 0 Å². The monoisotopic (exact) mass is 304 g/mol. The van der Waals surface area contributed by atoms with E-state index in [-0.39, 0.29) is 18.0 Å². The summed E-state index contributed by atoms with van der Waals surface area (Å²) in [6.45, 7) is 0. The molecule has 6 heteroatoms. The minimum Gasteiger partial charge on any atom is -0.478 e. The lowest BCUT2D eigenvalue weighted by Crippen LogP contribution is -2.27. The predicted molar refractivity (Wildman–Crippen MR) is 80.5 cm³/mol. The van der Waals surface area contributed by atoms with Gasteiger partial charge in [-0.1, -0.05) is 18.2 Å². The molecule has 21 heavy (non-hydrogen) atoms. The molecule has 1 aromatic carbocycles. The van der Waals surface area contributed by atoms with Crippen molar-refractivity contribution in [2.24, 2.45) is 0 Å². The number of nitrogens with zero attached hydrogens (tertiary/aromatic N) is 2. The number of pyridine rings is 1. The maximum atomic E-state index is 11.2. The summed E-state index contributed by atoms with van der Waals surface area (Å²) < 4.78 is 0. The van der Waals surface area contributed by atoms with E-state index in [1.54, 1.807) is 24.5 Å². The normalized spacial score (nSPS) is 12.8. The molecule has 1 aliphatic rings. The van der Waals surface area contributed by atoms with Crippen LogP contribution in [0.5, 0.6) is 5.75 Å². The Hall–Kier alpha value is -2.53. The molecule has 1 aromatic heterocycles. The van der Waals surface area contributed by atoms with Gasteiger partial charge in [-0.2, -0.15) is 5.06 Å². The molecule has 5 nitrogen and oxygen atoms in total. The number of aromatic nitrogens is 1. The molecule has 1 N–H and O–H groups in total. The van der Waals surface area contributed by atoms with Crippen molar-refractivity contribution >= 4 is 24.1 Å². The van der Waals surface area contributed by atoms with Gasteiger partial charge in [0.25, 0.3) is 0 Å². The molecule has 0 saturated carbocycles. The lowest BCUT2D eigenvalue weighted by atomic mass is 10.0. The molecular weight excluding hydrogens is 292 g/mol. The van der Waals surface area contributed by atoms with Gasteiger partial charge < -0.3 is 9.94 Å². The highest BCUT2D eigenvalue weighted by Crippen LogP contribution is 2.29. The van der Waals surface area contributed by atoms with Crippen molar-refractivity contribution in [3.63, 3.8) is 0 Å². The van der Waals surface area contributed by atoms with E-state index >= 15 is 0 Å². The Morgan fingerprint density at radius 2 is 2.05 bits per heavy atom. The maximum Gasteiger partial charge on any atom is 0.333 e. The van der Waals surface area contributed by atoms with Gasteiger partial charge in [0.2, 0.25) is 0 Å². The van der Waals surface area contributed by atoms with E-state index in [1.807, 2.05) is 24.3 Å². The number of fused-ring (bicyclic) bond motifs is 1. The molecule has 3 rings (SSSR count). The quantitative estimate of drug-likeness (QED) is 0.944. The summed E-state index contributed by atoms with van der Waals surface area (Å²) in [6.07, 6.45) is 5.11. The number of benzene rings is 1. The van der Waals surface area contributed by atoms with Crippen LogP contribution in [0.15, 0.2) is 60.6 Å². The third-order valence-electron chi connectivity index (χ3n) is 3.00. The van der Waals surface area contributed by atoms with Gasteiger partial charge in [-0.05, 0) is 23.8 Å². The van der Waals surface area contributed by atoms with Crippen LogP contribution in [-0.2, 0) is 11.2 Å². The Bertz CT molecular complexity index is 674. The van der Waals surface area contributed by atoms with Crippen LogP contribution in [-0.4, -0.2) is 16.1 Å². The van der Waals surface area contributed by atoms with Gasteiger partial charge in [-0.3, -0.25) is 4.98 Å². The first-order valence-electron chi connectivity index (χ1n) is 6.13. The van der Waals surface area contributed by atoms with Gasteiger partial charge >= 0.3 is 5.97 Å². The maximum absolute atomic E-state index is 11.2. The minimum absolute atomic E-state index is 0. The minimum atomic E-state index is -0.945. The standard InChI is InChI=1S/C15H12N2O3.ClH/c18-15(19)12-8-11-4-1-2-6-14(11)17(10-12)20-13-5-3-7-16-9-13;/h1-7,9-10H,8H2,(H,18,19);1H. The van der Waals surface area contributed by atoms with E-state index < -0.39 is 5.97 Å². The average molecular weight is 305 g/mol. The number of rotatable bonds is 3. The van der Waals surface area contributed by atoms with Gasteiger partial charge in [0.15, 0.2) is 5.75 Å². The molecule has 0 spiro atoms. The van der Waals surface area contributed by atoms with Crippen LogP contribution in [0.4, 0.5) is 5.69 Å². The topological polar surface area (TPSA) is 62.7 Å². The van der Waals surface area contributed by atoms with Crippen LogP contribution in [0.25, 0.3) is 0 Å². The molecule has 108 valence electrons. The highest BCUT2D eigenvalue weighted by Gasteiger charge is 2.22. The molecule has 2 heterocycles. The fourth-order valence-electron chi connectivity index (χ4n) is 2.06. The Morgan fingerprint density at radius 3 is 2.76 bits per heavy atom. The Morgan fingerprint density at radius 1 is 1.24 bits per heavy atom. The molecule has 1 aliphatic heterocycles. The molecule has 0 saturated heterocycles. The number of carbonyl (C=O) groups is 1. The van der Waals surface area contributed by atoms with E-state index in [4.69, 9.17) is 4.84 Å². The number of hydroxylamine groups is 1. The summed E-state index contributed by atoms with van der Waals surface area (Å²) in [4.78, 5) is 20.9. The van der Waals surface area contributed by atoms with Crippen molar-refractivity contribution in [2.45, 2.75) is 6.42 Å². The van der Waals surface area contributed by atoms with Crippen LogP contribution >= 0.6 is 12.4 Å². The summed E-state index contributed by atoms with van der Waals surface area (Å²) in [5.74, 6) is -0.399. The number of carboxylic acid groups (broad SMARTS) is 1. The average Bonchev–Trinajstić information content (AvgIpc) is 2.48. The fourth-order valence-corrected chi connectivity index (χ4v) is 2.06. The molecule has 0 amide bonds. The largest absolute Gasteiger partial charge is 0.478 e. The Balaban J connectivity index is 0.00000161. The zero-order valence-electron chi connectivity index (χ0n) is 11.0. The molecule has 0 radical (unpaired) electrons. The van der Waals surface area contributed by atoms with Gasteiger partial charge in [0.1, 0.15) is 0 Å². The highest BCUT2D eigenvalue weighted by molar-refractivity contribution is 5.89. The van der Waals surface area contributed by atoms with Crippen molar-refractivity contribution in [2.75, 3.05) is 5.06 Å². The van der Waals surface area contributed by atoms with Crippen LogP contribution in [0.1, 0.15) is 5.56 Å². The second-order valence-corrected chi connectivity index (χ2v) is 4.37. The molecule has 0 atom stereocenters. The van der Waals surface area contributed by atoms with E-state index in [0.29, 0.717) is 12.2 Å². The summed E-state index contributed by atoms with van der Waals surface area (Å²) >= 11 is 0. The molecule has 0 bridgehead atoms.